The Labute approximate surface area is 126 Å². The molecule has 0 fully saturated rings. The summed E-state index contributed by atoms with van der Waals surface area (Å²) in [6, 6.07) is 6.15. The first-order valence-corrected chi connectivity index (χ1v) is 7.65. The number of benzene rings is 1. The molecular formula is C14H15ClN4S. The molecule has 2 heterocycles. The average Bonchev–Trinajstić information content (AvgIpc) is 3.01. The van der Waals surface area contributed by atoms with E-state index in [4.69, 9.17) is 11.6 Å². The van der Waals surface area contributed by atoms with Crippen LogP contribution in [0.1, 0.15) is 30.5 Å². The van der Waals surface area contributed by atoms with E-state index in [9.17, 15) is 0 Å². The summed E-state index contributed by atoms with van der Waals surface area (Å²) in [5, 5.41) is 3.37. The highest BCUT2D eigenvalue weighted by Crippen LogP contribution is 2.22. The molecule has 3 rings (SSSR count). The van der Waals surface area contributed by atoms with E-state index < -0.39 is 0 Å². The molecule has 0 radical (unpaired) electrons. The van der Waals surface area contributed by atoms with Crippen molar-refractivity contribution in [2.24, 2.45) is 0 Å². The Morgan fingerprint density at radius 2 is 2.25 bits per heavy atom. The van der Waals surface area contributed by atoms with Crippen molar-refractivity contribution >= 4 is 39.7 Å². The van der Waals surface area contributed by atoms with E-state index >= 15 is 0 Å². The van der Waals surface area contributed by atoms with Crippen molar-refractivity contribution in [3.8, 4) is 0 Å². The van der Waals surface area contributed by atoms with E-state index in [-0.39, 0.29) is 0 Å². The summed E-state index contributed by atoms with van der Waals surface area (Å²) >= 11 is 7.31. The molecule has 0 spiro atoms. The first-order valence-electron chi connectivity index (χ1n) is 6.45. The molecule has 0 bridgehead atoms. The van der Waals surface area contributed by atoms with Crippen LogP contribution in [0, 0.1) is 0 Å². The van der Waals surface area contributed by atoms with Crippen LogP contribution in [-0.2, 0) is 6.54 Å². The first-order chi connectivity index (χ1) is 9.61. The first kappa shape index (κ1) is 13.4. The summed E-state index contributed by atoms with van der Waals surface area (Å²) in [6.45, 7) is 4.98. The van der Waals surface area contributed by atoms with Gasteiger partial charge in [-0.05, 0) is 18.2 Å². The van der Waals surface area contributed by atoms with Gasteiger partial charge < -0.3 is 10.3 Å². The highest BCUT2D eigenvalue weighted by molar-refractivity contribution is 7.15. The third-order valence-corrected chi connectivity index (χ3v) is 4.15. The van der Waals surface area contributed by atoms with Gasteiger partial charge in [-0.3, -0.25) is 0 Å². The lowest BCUT2D eigenvalue weighted by Crippen LogP contribution is -1.96. The van der Waals surface area contributed by atoms with Crippen LogP contribution in [0.15, 0.2) is 24.4 Å². The van der Waals surface area contributed by atoms with Crippen molar-refractivity contribution in [2.75, 3.05) is 5.32 Å². The highest BCUT2D eigenvalue weighted by atomic mass is 35.5. The number of nitrogens with zero attached hydrogens (tertiary/aromatic N) is 2. The van der Waals surface area contributed by atoms with Crippen molar-refractivity contribution < 1.29 is 0 Å². The molecule has 3 aromatic rings. The minimum atomic E-state index is 0.401. The van der Waals surface area contributed by atoms with E-state index in [0.29, 0.717) is 10.4 Å². The summed E-state index contributed by atoms with van der Waals surface area (Å²) in [5.41, 5.74) is 3.11. The Bertz CT molecular complexity index is 732. The molecule has 20 heavy (non-hydrogen) atoms. The fourth-order valence-corrected chi connectivity index (χ4v) is 2.88. The van der Waals surface area contributed by atoms with E-state index in [1.54, 1.807) is 6.20 Å². The number of aromatic amines is 1. The highest BCUT2D eigenvalue weighted by Gasteiger charge is 2.07. The molecule has 2 aromatic heterocycles. The Hall–Kier alpha value is -1.59. The van der Waals surface area contributed by atoms with Crippen molar-refractivity contribution in [1.29, 1.82) is 0 Å². The van der Waals surface area contributed by atoms with Gasteiger partial charge >= 0.3 is 0 Å². The minimum absolute atomic E-state index is 0.401. The number of imidazole rings is 1. The average molecular weight is 307 g/mol. The Kier molecular flexibility index (Phi) is 3.63. The number of fused-ring (bicyclic) bond motifs is 1. The van der Waals surface area contributed by atoms with Crippen LogP contribution in [0.3, 0.4) is 0 Å². The van der Waals surface area contributed by atoms with Gasteiger partial charge in [0.05, 0.1) is 17.6 Å². The maximum Gasteiger partial charge on any atom is 0.183 e. The van der Waals surface area contributed by atoms with Crippen molar-refractivity contribution in [2.45, 2.75) is 26.3 Å². The number of hydrogen-bond acceptors (Lipinski definition) is 4. The van der Waals surface area contributed by atoms with Gasteiger partial charge in [-0.1, -0.05) is 25.4 Å². The summed E-state index contributed by atoms with van der Waals surface area (Å²) in [7, 11) is 0. The van der Waals surface area contributed by atoms with Gasteiger partial charge in [0.2, 0.25) is 0 Å². The van der Waals surface area contributed by atoms with E-state index in [1.165, 1.54) is 11.3 Å². The zero-order valence-corrected chi connectivity index (χ0v) is 12.8. The van der Waals surface area contributed by atoms with Gasteiger partial charge in [0.1, 0.15) is 5.82 Å². The van der Waals surface area contributed by atoms with Gasteiger partial charge in [0.25, 0.3) is 0 Å². The van der Waals surface area contributed by atoms with Gasteiger partial charge in [0.15, 0.2) is 4.47 Å². The lowest BCUT2D eigenvalue weighted by molar-refractivity contribution is 0.799. The minimum Gasteiger partial charge on any atom is -0.380 e. The second kappa shape index (κ2) is 5.42. The number of halogens is 1. The van der Waals surface area contributed by atoms with Crippen molar-refractivity contribution in [1.82, 2.24) is 15.0 Å². The number of rotatable bonds is 4. The SMILES string of the molecule is CC(C)c1nc2ccc(NCc3cnc(Cl)s3)cc2[nH]1. The number of hydrogen-bond donors (Lipinski definition) is 2. The largest absolute Gasteiger partial charge is 0.380 e. The molecule has 0 aliphatic rings. The molecule has 0 unspecified atom stereocenters. The summed E-state index contributed by atoms with van der Waals surface area (Å²) in [4.78, 5) is 13.1. The predicted molar refractivity (Wildman–Crippen MR) is 84.6 cm³/mol. The second-order valence-corrected chi connectivity index (χ2v) is 6.64. The molecule has 0 saturated carbocycles. The van der Waals surface area contributed by atoms with Crippen LogP contribution in [-0.4, -0.2) is 15.0 Å². The van der Waals surface area contributed by atoms with Crippen LogP contribution in [0.4, 0.5) is 5.69 Å². The van der Waals surface area contributed by atoms with E-state index in [0.717, 1.165) is 34.0 Å². The van der Waals surface area contributed by atoms with Crippen LogP contribution in [0.2, 0.25) is 4.47 Å². The Morgan fingerprint density at radius 3 is 2.95 bits per heavy atom. The zero-order valence-electron chi connectivity index (χ0n) is 11.3. The number of aromatic nitrogens is 3. The Morgan fingerprint density at radius 1 is 1.40 bits per heavy atom. The molecule has 0 amide bonds. The van der Waals surface area contributed by atoms with Gasteiger partial charge in [-0.2, -0.15) is 0 Å². The molecule has 1 aromatic carbocycles. The fraction of sp³-hybridized carbons (Fsp3) is 0.286. The molecule has 104 valence electrons. The van der Waals surface area contributed by atoms with Crippen molar-refractivity contribution in [3.63, 3.8) is 0 Å². The third-order valence-electron chi connectivity index (χ3n) is 3.04. The number of anilines is 1. The zero-order chi connectivity index (χ0) is 14.1. The molecule has 0 saturated heterocycles. The Balaban J connectivity index is 1.78. The van der Waals surface area contributed by atoms with Gasteiger partial charge in [-0.15, -0.1) is 11.3 Å². The second-order valence-electron chi connectivity index (χ2n) is 4.94. The number of H-pyrrole nitrogens is 1. The molecule has 0 atom stereocenters. The number of nitrogens with one attached hydrogen (secondary N) is 2. The van der Waals surface area contributed by atoms with Gasteiger partial charge in [0, 0.05) is 22.7 Å². The van der Waals surface area contributed by atoms with Crippen LogP contribution < -0.4 is 5.32 Å². The van der Waals surface area contributed by atoms with E-state index in [2.05, 4.69) is 40.2 Å². The van der Waals surface area contributed by atoms with Crippen LogP contribution >= 0.6 is 22.9 Å². The fourth-order valence-electron chi connectivity index (χ4n) is 1.97. The molecule has 2 N–H and O–H groups in total. The maximum atomic E-state index is 5.82. The quantitative estimate of drug-likeness (QED) is 0.750. The molecule has 4 nitrogen and oxygen atoms in total. The summed E-state index contributed by atoms with van der Waals surface area (Å²) < 4.78 is 0.576. The molecule has 0 aliphatic carbocycles. The lowest BCUT2D eigenvalue weighted by Gasteiger charge is -2.03. The summed E-state index contributed by atoms with van der Waals surface area (Å²) in [5.74, 6) is 1.42. The molecular weight excluding hydrogens is 292 g/mol. The third kappa shape index (κ3) is 2.78. The molecule has 0 aliphatic heterocycles. The van der Waals surface area contributed by atoms with Crippen LogP contribution in [0.5, 0.6) is 0 Å². The smallest absolute Gasteiger partial charge is 0.183 e. The van der Waals surface area contributed by atoms with Crippen molar-refractivity contribution in [3.05, 3.63) is 39.6 Å². The summed E-state index contributed by atoms with van der Waals surface area (Å²) in [6.07, 6.45) is 1.80. The lowest BCUT2D eigenvalue weighted by atomic mass is 10.2. The van der Waals surface area contributed by atoms with E-state index in [1.807, 2.05) is 12.1 Å². The maximum absolute atomic E-state index is 5.82. The normalized spacial score (nSPS) is 11.4. The van der Waals surface area contributed by atoms with Crippen LogP contribution in [0.25, 0.3) is 11.0 Å². The predicted octanol–water partition coefficient (Wildman–Crippen LogP) is 4.41. The van der Waals surface area contributed by atoms with Gasteiger partial charge in [-0.25, -0.2) is 9.97 Å². The monoisotopic (exact) mass is 306 g/mol. The number of thiazole rings is 1. The molecule has 6 heteroatoms. The topological polar surface area (TPSA) is 53.6 Å². The standard InChI is InChI=1S/C14H15ClN4S/c1-8(2)13-18-11-4-3-9(5-12(11)19-13)16-6-10-7-17-14(15)20-10/h3-5,7-8,16H,6H2,1-2H3,(H,18,19).